The lowest BCUT2D eigenvalue weighted by Crippen LogP contribution is -2.18. The first-order valence-corrected chi connectivity index (χ1v) is 6.80. The first-order valence-electron chi connectivity index (χ1n) is 6.80. The molecule has 2 aromatic rings. The van der Waals surface area contributed by atoms with Crippen molar-refractivity contribution in [2.45, 2.75) is 18.9 Å². The lowest BCUT2D eigenvalue weighted by Gasteiger charge is -2.20. The summed E-state index contributed by atoms with van der Waals surface area (Å²) in [7, 11) is 4.15. The van der Waals surface area contributed by atoms with Crippen LogP contribution in [0.4, 0.5) is 5.69 Å². The molecule has 1 atom stereocenters. The molecule has 0 spiro atoms. The van der Waals surface area contributed by atoms with Crippen molar-refractivity contribution in [3.63, 3.8) is 0 Å². The zero-order chi connectivity index (χ0) is 13.2. The molecule has 0 bridgehead atoms. The van der Waals surface area contributed by atoms with Crippen molar-refractivity contribution >= 4 is 5.69 Å². The molecule has 1 saturated heterocycles. The van der Waals surface area contributed by atoms with Crippen LogP contribution in [0.2, 0.25) is 0 Å². The number of hydrogen-bond donors (Lipinski definition) is 1. The normalized spacial score (nSPS) is 18.7. The zero-order valence-corrected chi connectivity index (χ0v) is 11.5. The number of benzene rings is 1. The van der Waals surface area contributed by atoms with Gasteiger partial charge in [-0.1, -0.05) is 12.1 Å². The molecule has 1 aliphatic rings. The van der Waals surface area contributed by atoms with Crippen molar-refractivity contribution in [3.8, 4) is 5.69 Å². The average molecular weight is 256 g/mol. The zero-order valence-electron chi connectivity index (χ0n) is 11.5. The van der Waals surface area contributed by atoms with E-state index in [-0.39, 0.29) is 0 Å². The number of rotatable bonds is 3. The Kier molecular flexibility index (Phi) is 3.25. The number of hydrogen-bond acceptors (Lipinski definition) is 3. The molecular formula is C15H20N4. The first-order chi connectivity index (χ1) is 9.27. The second kappa shape index (κ2) is 5.05. The van der Waals surface area contributed by atoms with Crippen LogP contribution in [0, 0.1) is 0 Å². The van der Waals surface area contributed by atoms with Gasteiger partial charge in [-0.3, -0.25) is 4.57 Å². The Labute approximate surface area is 114 Å². The Hall–Kier alpha value is -1.81. The van der Waals surface area contributed by atoms with Gasteiger partial charge < -0.3 is 10.2 Å². The Morgan fingerprint density at radius 2 is 2.16 bits per heavy atom. The minimum atomic E-state index is 0.428. The highest BCUT2D eigenvalue weighted by Gasteiger charge is 2.21. The Bertz CT molecular complexity index is 553. The number of para-hydroxylation sites is 2. The van der Waals surface area contributed by atoms with Crippen molar-refractivity contribution in [1.82, 2.24) is 14.9 Å². The van der Waals surface area contributed by atoms with E-state index < -0.39 is 0 Å². The van der Waals surface area contributed by atoms with Crippen LogP contribution >= 0.6 is 0 Å². The standard InChI is InChI=1S/C15H20N4/c1-18(2)13-7-3-4-8-14(13)19-11-16-10-15(19)12-6-5-9-17-12/h3-4,7-8,10-12,17H,5-6,9H2,1-2H3. The number of anilines is 1. The Balaban J connectivity index is 2.05. The van der Waals surface area contributed by atoms with E-state index in [0.29, 0.717) is 6.04 Å². The van der Waals surface area contributed by atoms with Crippen molar-refractivity contribution in [2.75, 3.05) is 25.5 Å². The summed E-state index contributed by atoms with van der Waals surface area (Å²) in [5.74, 6) is 0. The number of nitrogens with one attached hydrogen (secondary N) is 1. The van der Waals surface area contributed by atoms with Gasteiger partial charge in [0, 0.05) is 20.1 Å². The average Bonchev–Trinajstić information content (AvgIpc) is 3.09. The first kappa shape index (κ1) is 12.2. The summed E-state index contributed by atoms with van der Waals surface area (Å²) >= 11 is 0. The van der Waals surface area contributed by atoms with E-state index in [1.54, 1.807) is 0 Å². The van der Waals surface area contributed by atoms with Gasteiger partial charge in [0.1, 0.15) is 0 Å². The molecule has 0 amide bonds. The van der Waals surface area contributed by atoms with Crippen LogP contribution in [0.25, 0.3) is 5.69 Å². The smallest absolute Gasteiger partial charge is 0.0995 e. The summed E-state index contributed by atoms with van der Waals surface area (Å²) in [5, 5.41) is 3.54. The van der Waals surface area contributed by atoms with E-state index in [4.69, 9.17) is 0 Å². The van der Waals surface area contributed by atoms with Gasteiger partial charge >= 0.3 is 0 Å². The van der Waals surface area contributed by atoms with E-state index in [2.05, 4.69) is 58.1 Å². The predicted molar refractivity (Wildman–Crippen MR) is 77.9 cm³/mol. The molecule has 1 unspecified atom stereocenters. The highest BCUT2D eigenvalue weighted by molar-refractivity contribution is 5.62. The number of nitrogens with zero attached hydrogens (tertiary/aromatic N) is 3. The van der Waals surface area contributed by atoms with Crippen molar-refractivity contribution in [3.05, 3.63) is 42.5 Å². The summed E-state index contributed by atoms with van der Waals surface area (Å²) < 4.78 is 2.21. The van der Waals surface area contributed by atoms with E-state index in [9.17, 15) is 0 Å². The summed E-state index contributed by atoms with van der Waals surface area (Å²) in [6.07, 6.45) is 6.33. The lowest BCUT2D eigenvalue weighted by molar-refractivity contribution is 0.615. The van der Waals surface area contributed by atoms with E-state index >= 15 is 0 Å². The summed E-state index contributed by atoms with van der Waals surface area (Å²) in [4.78, 5) is 6.49. The fraction of sp³-hybridized carbons (Fsp3) is 0.400. The summed E-state index contributed by atoms with van der Waals surface area (Å²) in [6.45, 7) is 1.10. The fourth-order valence-corrected chi connectivity index (χ4v) is 2.75. The molecule has 1 aromatic heterocycles. The van der Waals surface area contributed by atoms with Gasteiger partial charge in [-0.2, -0.15) is 0 Å². The van der Waals surface area contributed by atoms with Crippen LogP contribution in [0.15, 0.2) is 36.8 Å². The molecule has 0 saturated carbocycles. The Morgan fingerprint density at radius 1 is 1.32 bits per heavy atom. The van der Waals surface area contributed by atoms with E-state index in [0.717, 1.165) is 6.54 Å². The molecule has 2 heterocycles. The molecule has 100 valence electrons. The van der Waals surface area contributed by atoms with Crippen LogP contribution in [0.1, 0.15) is 24.6 Å². The second-order valence-electron chi connectivity index (χ2n) is 5.22. The molecule has 0 aliphatic carbocycles. The summed E-state index contributed by atoms with van der Waals surface area (Å²) in [5.41, 5.74) is 3.65. The van der Waals surface area contributed by atoms with Crippen LogP contribution in [0.3, 0.4) is 0 Å². The monoisotopic (exact) mass is 256 g/mol. The van der Waals surface area contributed by atoms with E-state index in [1.165, 1.54) is 29.9 Å². The molecular weight excluding hydrogens is 236 g/mol. The van der Waals surface area contributed by atoms with Crippen LogP contribution < -0.4 is 10.2 Å². The molecule has 1 aliphatic heterocycles. The van der Waals surface area contributed by atoms with Crippen LogP contribution in [-0.2, 0) is 0 Å². The largest absolute Gasteiger partial charge is 0.376 e. The van der Waals surface area contributed by atoms with Gasteiger partial charge in [0.25, 0.3) is 0 Å². The Morgan fingerprint density at radius 3 is 2.89 bits per heavy atom. The third kappa shape index (κ3) is 2.24. The molecule has 1 N–H and O–H groups in total. The maximum Gasteiger partial charge on any atom is 0.0995 e. The van der Waals surface area contributed by atoms with E-state index in [1.807, 2.05) is 12.5 Å². The lowest BCUT2D eigenvalue weighted by atomic mass is 10.1. The third-order valence-corrected chi connectivity index (χ3v) is 3.71. The van der Waals surface area contributed by atoms with Crippen molar-refractivity contribution < 1.29 is 0 Å². The van der Waals surface area contributed by atoms with Gasteiger partial charge in [0.2, 0.25) is 0 Å². The topological polar surface area (TPSA) is 33.1 Å². The second-order valence-corrected chi connectivity index (χ2v) is 5.22. The molecule has 4 heteroatoms. The van der Waals surface area contributed by atoms with Gasteiger partial charge in [0.05, 0.1) is 29.6 Å². The molecule has 0 radical (unpaired) electrons. The van der Waals surface area contributed by atoms with Crippen molar-refractivity contribution in [1.29, 1.82) is 0 Å². The summed E-state index contributed by atoms with van der Waals surface area (Å²) in [6, 6.07) is 8.87. The van der Waals surface area contributed by atoms with Crippen LogP contribution in [-0.4, -0.2) is 30.2 Å². The van der Waals surface area contributed by atoms with Gasteiger partial charge in [-0.15, -0.1) is 0 Å². The number of imidazole rings is 1. The molecule has 4 nitrogen and oxygen atoms in total. The van der Waals surface area contributed by atoms with Gasteiger partial charge in [0.15, 0.2) is 0 Å². The fourth-order valence-electron chi connectivity index (χ4n) is 2.75. The molecule has 1 fully saturated rings. The van der Waals surface area contributed by atoms with Crippen LogP contribution in [0.5, 0.6) is 0 Å². The van der Waals surface area contributed by atoms with Gasteiger partial charge in [-0.25, -0.2) is 4.98 Å². The van der Waals surface area contributed by atoms with Crippen molar-refractivity contribution in [2.24, 2.45) is 0 Å². The maximum atomic E-state index is 4.35. The third-order valence-electron chi connectivity index (χ3n) is 3.71. The highest BCUT2D eigenvalue weighted by atomic mass is 15.1. The highest BCUT2D eigenvalue weighted by Crippen LogP contribution is 2.29. The quantitative estimate of drug-likeness (QED) is 0.915. The molecule has 19 heavy (non-hydrogen) atoms. The number of aromatic nitrogens is 2. The minimum absolute atomic E-state index is 0.428. The van der Waals surface area contributed by atoms with Gasteiger partial charge in [-0.05, 0) is 31.5 Å². The molecule has 1 aromatic carbocycles. The minimum Gasteiger partial charge on any atom is -0.376 e. The maximum absolute atomic E-state index is 4.35. The predicted octanol–water partition coefficient (Wildman–Crippen LogP) is 2.36. The molecule has 3 rings (SSSR count). The SMILES string of the molecule is CN(C)c1ccccc1-n1cncc1C1CCCN1.